The van der Waals surface area contributed by atoms with Crippen molar-refractivity contribution in [2.45, 2.75) is 35.5 Å². The minimum absolute atomic E-state index is 0.110. The summed E-state index contributed by atoms with van der Waals surface area (Å²) < 4.78 is 6.05. The van der Waals surface area contributed by atoms with E-state index >= 15 is 0 Å². The van der Waals surface area contributed by atoms with Crippen LogP contribution in [0, 0.1) is 5.92 Å². The van der Waals surface area contributed by atoms with E-state index in [1.807, 2.05) is 0 Å². The van der Waals surface area contributed by atoms with E-state index in [1.54, 1.807) is 47.4 Å². The van der Waals surface area contributed by atoms with Crippen molar-refractivity contribution < 1.29 is 19.1 Å². The molecule has 202 valence electrons. The molecule has 3 atom stereocenters. The number of H-pyrrole nitrogens is 1. The number of ether oxygens (including phenoxy) is 1. The third kappa shape index (κ3) is 4.88. The van der Waals surface area contributed by atoms with Crippen LogP contribution in [0.25, 0.3) is 0 Å². The zero-order chi connectivity index (χ0) is 27.3. The molecule has 3 aliphatic rings. The van der Waals surface area contributed by atoms with Crippen molar-refractivity contribution in [3.63, 3.8) is 0 Å². The fourth-order valence-electron chi connectivity index (χ4n) is 5.46. The maximum Gasteiger partial charge on any atom is 0.305 e. The molecular formula is C27H23Cl2N3O5S2. The third-order valence-corrected chi connectivity index (χ3v) is 10.2. The molecule has 2 fully saturated rings. The van der Waals surface area contributed by atoms with Crippen LogP contribution < -0.4 is 14.5 Å². The average Bonchev–Trinajstić information content (AvgIpc) is 3.43. The quantitative estimate of drug-likeness (QED) is 0.415. The van der Waals surface area contributed by atoms with Gasteiger partial charge in [0.25, 0.3) is 5.91 Å². The normalized spacial score (nSPS) is 22.6. The van der Waals surface area contributed by atoms with Crippen LogP contribution in [0.3, 0.4) is 0 Å². The molecule has 0 aliphatic carbocycles. The topological polar surface area (TPSA) is 99.8 Å². The van der Waals surface area contributed by atoms with Crippen LogP contribution in [0.15, 0.2) is 52.3 Å². The first kappa shape index (κ1) is 26.4. The summed E-state index contributed by atoms with van der Waals surface area (Å²) in [6, 6.07) is 11.5. The zero-order valence-corrected chi connectivity index (χ0v) is 23.7. The van der Waals surface area contributed by atoms with Crippen molar-refractivity contribution in [3.8, 4) is 5.75 Å². The number of piperidine rings is 1. The monoisotopic (exact) mass is 603 g/mol. The van der Waals surface area contributed by atoms with Crippen LogP contribution in [0.5, 0.6) is 5.75 Å². The van der Waals surface area contributed by atoms with Crippen LogP contribution in [-0.2, 0) is 14.4 Å². The molecule has 8 nitrogen and oxygen atoms in total. The molecule has 2 saturated heterocycles. The van der Waals surface area contributed by atoms with Crippen LogP contribution in [0.2, 0.25) is 10.0 Å². The van der Waals surface area contributed by atoms with Gasteiger partial charge in [-0.05, 0) is 61.7 Å². The number of aromatic amines is 1. The highest BCUT2D eigenvalue weighted by atomic mass is 35.5. The number of aromatic nitrogens is 1. The third-order valence-electron chi connectivity index (χ3n) is 7.28. The fourth-order valence-corrected chi connectivity index (χ4v) is 8.28. The van der Waals surface area contributed by atoms with E-state index < -0.39 is 17.1 Å². The molecule has 3 amide bonds. The smallest absolute Gasteiger partial charge is 0.305 e. The van der Waals surface area contributed by atoms with E-state index in [9.17, 15) is 19.2 Å². The predicted molar refractivity (Wildman–Crippen MR) is 151 cm³/mol. The van der Waals surface area contributed by atoms with Gasteiger partial charge < -0.3 is 14.6 Å². The van der Waals surface area contributed by atoms with Gasteiger partial charge in [0, 0.05) is 39.5 Å². The first-order valence-corrected chi connectivity index (χ1v) is 15.0. The van der Waals surface area contributed by atoms with Crippen molar-refractivity contribution in [2.24, 2.45) is 5.92 Å². The van der Waals surface area contributed by atoms with Gasteiger partial charge in [-0.25, -0.2) is 4.90 Å². The Hall–Kier alpha value is -2.79. The van der Waals surface area contributed by atoms with Gasteiger partial charge in [0.15, 0.2) is 6.61 Å². The van der Waals surface area contributed by atoms with Gasteiger partial charge in [-0.15, -0.1) is 0 Å². The molecule has 1 N–H and O–H groups in total. The number of halogens is 2. The summed E-state index contributed by atoms with van der Waals surface area (Å²) in [7, 11) is 0. The van der Waals surface area contributed by atoms with Crippen LogP contribution in [-0.4, -0.2) is 52.6 Å². The average molecular weight is 605 g/mol. The Balaban J connectivity index is 1.39. The molecule has 6 rings (SSSR count). The number of thioether (sulfide) groups is 1. The zero-order valence-electron chi connectivity index (χ0n) is 20.5. The Morgan fingerprint density at radius 3 is 2.44 bits per heavy atom. The molecule has 2 aromatic carbocycles. The van der Waals surface area contributed by atoms with E-state index in [0.29, 0.717) is 50.0 Å². The summed E-state index contributed by atoms with van der Waals surface area (Å²) in [5, 5.41) is 0.677. The first-order valence-electron chi connectivity index (χ1n) is 12.5. The van der Waals surface area contributed by atoms with Crippen LogP contribution in [0.1, 0.15) is 35.6 Å². The number of rotatable bonds is 5. The Labute approximate surface area is 242 Å². The summed E-state index contributed by atoms with van der Waals surface area (Å²) in [6.45, 7) is 1.25. The van der Waals surface area contributed by atoms with Gasteiger partial charge >= 0.3 is 4.87 Å². The lowest BCUT2D eigenvalue weighted by Gasteiger charge is -2.31. The molecule has 0 saturated carbocycles. The van der Waals surface area contributed by atoms with Gasteiger partial charge in [-0.3, -0.25) is 19.2 Å². The molecule has 0 radical (unpaired) electrons. The maximum absolute atomic E-state index is 13.9. The Morgan fingerprint density at radius 1 is 0.974 bits per heavy atom. The summed E-state index contributed by atoms with van der Waals surface area (Å²) in [4.78, 5) is 59.0. The van der Waals surface area contributed by atoms with E-state index in [0.717, 1.165) is 30.6 Å². The van der Waals surface area contributed by atoms with Crippen LogP contribution >= 0.6 is 46.3 Å². The van der Waals surface area contributed by atoms with E-state index in [2.05, 4.69) is 4.98 Å². The molecule has 0 spiro atoms. The number of hydrogen-bond acceptors (Lipinski definition) is 7. The number of fused-ring (bicyclic) bond motifs is 2. The van der Waals surface area contributed by atoms with Crippen molar-refractivity contribution in [1.82, 2.24) is 9.88 Å². The number of carbonyl (C=O) groups excluding carboxylic acids is 3. The lowest BCUT2D eigenvalue weighted by atomic mass is 9.82. The van der Waals surface area contributed by atoms with Gasteiger partial charge in [0.05, 0.1) is 16.6 Å². The van der Waals surface area contributed by atoms with Crippen LogP contribution in [0.4, 0.5) is 5.69 Å². The van der Waals surface area contributed by atoms with E-state index in [4.69, 9.17) is 27.9 Å². The largest absolute Gasteiger partial charge is 0.483 e. The predicted octanol–water partition coefficient (Wildman–Crippen LogP) is 4.93. The number of anilines is 1. The number of thiazole rings is 1. The lowest BCUT2D eigenvalue weighted by Crippen LogP contribution is -2.38. The molecule has 3 aromatic rings. The lowest BCUT2D eigenvalue weighted by molar-refractivity contribution is -0.134. The molecular weight excluding hydrogens is 581 g/mol. The molecule has 3 unspecified atom stereocenters. The van der Waals surface area contributed by atoms with E-state index in [1.165, 1.54) is 16.7 Å². The van der Waals surface area contributed by atoms with Gasteiger partial charge in [-0.2, -0.15) is 0 Å². The second kappa shape index (κ2) is 10.6. The maximum atomic E-state index is 13.9. The molecule has 3 aliphatic heterocycles. The Morgan fingerprint density at radius 2 is 1.69 bits per heavy atom. The highest BCUT2D eigenvalue weighted by Crippen LogP contribution is 2.54. The van der Waals surface area contributed by atoms with E-state index in [-0.39, 0.29) is 29.2 Å². The van der Waals surface area contributed by atoms with Gasteiger partial charge in [-0.1, -0.05) is 46.3 Å². The van der Waals surface area contributed by atoms with Gasteiger partial charge in [0.2, 0.25) is 11.8 Å². The number of benzene rings is 2. The highest BCUT2D eigenvalue weighted by Gasteiger charge is 2.56. The number of imide groups is 1. The second-order valence-corrected chi connectivity index (χ2v) is 12.7. The molecule has 4 heterocycles. The summed E-state index contributed by atoms with van der Waals surface area (Å²) in [5.74, 6) is -1.96. The molecule has 12 heteroatoms. The van der Waals surface area contributed by atoms with Crippen molar-refractivity contribution >= 4 is 69.7 Å². The number of amides is 3. The van der Waals surface area contributed by atoms with Gasteiger partial charge in [0.1, 0.15) is 11.0 Å². The second-order valence-electron chi connectivity index (χ2n) is 9.65. The summed E-state index contributed by atoms with van der Waals surface area (Å²) in [5.41, 5.74) is 0.981. The number of hydrogen-bond donors (Lipinski definition) is 1. The number of nitrogens with one attached hydrogen (secondary N) is 1. The minimum Gasteiger partial charge on any atom is -0.483 e. The van der Waals surface area contributed by atoms with Crippen molar-refractivity contribution in [2.75, 3.05) is 24.6 Å². The van der Waals surface area contributed by atoms with Crippen molar-refractivity contribution in [3.05, 3.63) is 72.6 Å². The molecule has 0 bridgehead atoms. The first-order chi connectivity index (χ1) is 18.8. The highest BCUT2D eigenvalue weighted by molar-refractivity contribution is 8.00. The summed E-state index contributed by atoms with van der Waals surface area (Å²) >= 11 is 14.6. The number of likely N-dealkylation sites (tertiary alicyclic amines) is 1. The Bertz CT molecular complexity index is 1520. The Kier molecular flexibility index (Phi) is 7.22. The standard InChI is InChI=1S/C27H23Cl2N3O5S2/c28-14-4-7-16(8-5-14)32-25(34)21-20(22-24(30-27(36)39-22)38-23(21)26(32)35)17-12-15(29)6-9-18(17)37-13-19(33)31-10-2-1-3-11-31/h4-9,12,20-21,23H,1-3,10-11,13H2,(H,30,36). The minimum atomic E-state index is -0.809. The SMILES string of the molecule is O=C(COc1ccc(Cl)cc1C1c2sc(=O)[nH]c2SC2C(=O)N(c3ccc(Cl)cc3)C(=O)C21)N1CCCCC1. The summed E-state index contributed by atoms with van der Waals surface area (Å²) in [6.07, 6.45) is 3.04. The number of nitrogens with zero attached hydrogens (tertiary/aromatic N) is 2. The van der Waals surface area contributed by atoms with Crippen molar-refractivity contribution in [1.29, 1.82) is 0 Å². The molecule has 39 heavy (non-hydrogen) atoms. The fraction of sp³-hybridized carbons (Fsp3) is 0.333. The molecule has 1 aromatic heterocycles. The number of carbonyl (C=O) groups is 3.